The molecule has 144 valence electrons. The third-order valence-electron chi connectivity index (χ3n) is 5.19. The van der Waals surface area contributed by atoms with E-state index in [0.29, 0.717) is 46.7 Å². The Morgan fingerprint density at radius 1 is 1.25 bits per heavy atom. The SMILES string of the molecule is CNC(=O)c1cc(C)nc2onc(C3CCCN(C(=O)c4ccccc4)C3)c12. The molecule has 0 saturated carbocycles. The van der Waals surface area contributed by atoms with E-state index in [4.69, 9.17) is 4.52 Å². The van der Waals surface area contributed by atoms with Gasteiger partial charge in [0.25, 0.3) is 17.5 Å². The Kier molecular flexibility index (Phi) is 4.81. The number of hydrogen-bond donors (Lipinski definition) is 1. The van der Waals surface area contributed by atoms with Crippen LogP contribution in [0.5, 0.6) is 0 Å². The number of fused-ring (bicyclic) bond motifs is 1. The molecule has 7 nitrogen and oxygen atoms in total. The van der Waals surface area contributed by atoms with Gasteiger partial charge in [-0.3, -0.25) is 9.59 Å². The summed E-state index contributed by atoms with van der Waals surface area (Å²) in [6.07, 6.45) is 1.74. The van der Waals surface area contributed by atoms with Crippen LogP contribution in [0.15, 0.2) is 40.9 Å². The molecule has 0 radical (unpaired) electrons. The first-order valence-electron chi connectivity index (χ1n) is 9.42. The van der Waals surface area contributed by atoms with Gasteiger partial charge in [-0.1, -0.05) is 23.4 Å². The van der Waals surface area contributed by atoms with Gasteiger partial charge in [0.2, 0.25) is 0 Å². The van der Waals surface area contributed by atoms with E-state index in [-0.39, 0.29) is 17.7 Å². The molecule has 4 rings (SSSR count). The number of pyridine rings is 1. The lowest BCUT2D eigenvalue weighted by molar-refractivity contribution is 0.0704. The number of benzene rings is 1. The van der Waals surface area contributed by atoms with Crippen molar-refractivity contribution in [1.29, 1.82) is 0 Å². The van der Waals surface area contributed by atoms with Gasteiger partial charge in [-0.25, -0.2) is 4.98 Å². The minimum Gasteiger partial charge on any atom is -0.355 e. The molecule has 1 aliphatic heterocycles. The summed E-state index contributed by atoms with van der Waals surface area (Å²) in [5, 5.41) is 7.56. The number of hydrogen-bond acceptors (Lipinski definition) is 5. The first-order chi connectivity index (χ1) is 13.6. The van der Waals surface area contributed by atoms with Crippen LogP contribution in [0, 0.1) is 6.92 Å². The van der Waals surface area contributed by atoms with Crippen molar-refractivity contribution in [1.82, 2.24) is 20.4 Å². The van der Waals surface area contributed by atoms with Gasteiger partial charge in [0.15, 0.2) is 0 Å². The van der Waals surface area contributed by atoms with Crippen LogP contribution in [0.3, 0.4) is 0 Å². The average Bonchev–Trinajstić information content (AvgIpc) is 3.16. The molecule has 1 saturated heterocycles. The Balaban J connectivity index is 1.68. The van der Waals surface area contributed by atoms with E-state index >= 15 is 0 Å². The smallest absolute Gasteiger partial charge is 0.259 e. The Morgan fingerprint density at radius 3 is 2.79 bits per heavy atom. The molecule has 1 unspecified atom stereocenters. The van der Waals surface area contributed by atoms with Crippen molar-refractivity contribution in [3.63, 3.8) is 0 Å². The van der Waals surface area contributed by atoms with Gasteiger partial charge in [0.05, 0.1) is 16.6 Å². The van der Waals surface area contributed by atoms with E-state index in [1.165, 1.54) is 0 Å². The number of aromatic nitrogens is 2. The van der Waals surface area contributed by atoms with Gasteiger partial charge < -0.3 is 14.7 Å². The zero-order chi connectivity index (χ0) is 19.7. The molecule has 1 aromatic carbocycles. The molecule has 2 amide bonds. The number of rotatable bonds is 3. The van der Waals surface area contributed by atoms with Gasteiger partial charge >= 0.3 is 0 Å². The van der Waals surface area contributed by atoms with Crippen LogP contribution in [0.25, 0.3) is 11.1 Å². The number of aryl methyl sites for hydroxylation is 1. The molecule has 1 atom stereocenters. The van der Waals surface area contributed by atoms with E-state index in [1.807, 2.05) is 42.2 Å². The standard InChI is InChI=1S/C21H22N4O3/c1-13-11-16(19(26)22-2)17-18(24-28-20(17)23-13)15-9-6-10-25(12-15)21(27)14-7-4-3-5-8-14/h3-5,7-8,11,15H,6,9-10,12H2,1-2H3,(H,22,26). The highest BCUT2D eigenvalue weighted by Crippen LogP contribution is 2.33. The fourth-order valence-electron chi connectivity index (χ4n) is 3.84. The van der Waals surface area contributed by atoms with Crippen LogP contribution in [-0.2, 0) is 0 Å². The highest BCUT2D eigenvalue weighted by atomic mass is 16.5. The zero-order valence-electron chi connectivity index (χ0n) is 15.9. The van der Waals surface area contributed by atoms with Crippen LogP contribution in [0.1, 0.15) is 50.9 Å². The summed E-state index contributed by atoms with van der Waals surface area (Å²) in [5.74, 6) is -0.192. The Labute approximate surface area is 162 Å². The maximum Gasteiger partial charge on any atom is 0.259 e. The number of carbonyl (C=O) groups is 2. The largest absolute Gasteiger partial charge is 0.355 e. The lowest BCUT2D eigenvalue weighted by atomic mass is 9.91. The second-order valence-corrected chi connectivity index (χ2v) is 7.09. The molecule has 3 aromatic rings. The van der Waals surface area contributed by atoms with Gasteiger partial charge in [-0.15, -0.1) is 0 Å². The van der Waals surface area contributed by atoms with Crippen molar-refractivity contribution in [3.05, 3.63) is 58.9 Å². The Morgan fingerprint density at radius 2 is 2.04 bits per heavy atom. The molecule has 0 bridgehead atoms. The van der Waals surface area contributed by atoms with Crippen LogP contribution < -0.4 is 5.32 Å². The minimum atomic E-state index is -0.201. The van der Waals surface area contributed by atoms with Crippen molar-refractivity contribution in [2.24, 2.45) is 0 Å². The molecule has 2 aromatic heterocycles. The van der Waals surface area contributed by atoms with Gasteiger partial charge in [0, 0.05) is 37.3 Å². The van der Waals surface area contributed by atoms with Crippen LogP contribution in [0.4, 0.5) is 0 Å². The first-order valence-corrected chi connectivity index (χ1v) is 9.42. The molecule has 28 heavy (non-hydrogen) atoms. The van der Waals surface area contributed by atoms with E-state index in [9.17, 15) is 9.59 Å². The summed E-state index contributed by atoms with van der Waals surface area (Å²) >= 11 is 0. The van der Waals surface area contributed by atoms with Crippen molar-refractivity contribution in [3.8, 4) is 0 Å². The molecule has 7 heteroatoms. The highest BCUT2D eigenvalue weighted by molar-refractivity contribution is 6.06. The lowest BCUT2D eigenvalue weighted by Crippen LogP contribution is -2.39. The second kappa shape index (κ2) is 7.42. The first kappa shape index (κ1) is 18.2. The number of nitrogens with zero attached hydrogens (tertiary/aromatic N) is 3. The monoisotopic (exact) mass is 378 g/mol. The summed E-state index contributed by atoms with van der Waals surface area (Å²) in [4.78, 5) is 31.5. The Bertz CT molecular complexity index is 1030. The number of likely N-dealkylation sites (tertiary alicyclic amines) is 1. The van der Waals surface area contributed by atoms with E-state index in [0.717, 1.165) is 12.8 Å². The van der Waals surface area contributed by atoms with Crippen molar-refractivity contribution in [2.75, 3.05) is 20.1 Å². The van der Waals surface area contributed by atoms with Gasteiger partial charge in [-0.05, 0) is 38.0 Å². The normalized spacial score (nSPS) is 16.9. The number of amides is 2. The molecule has 0 aliphatic carbocycles. The molecule has 1 aliphatic rings. The summed E-state index contributed by atoms with van der Waals surface area (Å²) < 4.78 is 5.45. The van der Waals surface area contributed by atoms with E-state index in [1.54, 1.807) is 13.1 Å². The van der Waals surface area contributed by atoms with Crippen molar-refractivity contribution in [2.45, 2.75) is 25.7 Å². The topological polar surface area (TPSA) is 88.3 Å². The molecular weight excluding hydrogens is 356 g/mol. The van der Waals surface area contributed by atoms with Crippen LogP contribution in [0.2, 0.25) is 0 Å². The highest BCUT2D eigenvalue weighted by Gasteiger charge is 2.30. The molecule has 3 heterocycles. The van der Waals surface area contributed by atoms with Crippen molar-refractivity contribution < 1.29 is 14.1 Å². The number of nitrogens with one attached hydrogen (secondary N) is 1. The van der Waals surface area contributed by atoms with E-state index in [2.05, 4.69) is 15.5 Å². The fraction of sp³-hybridized carbons (Fsp3) is 0.333. The zero-order valence-corrected chi connectivity index (χ0v) is 15.9. The summed E-state index contributed by atoms with van der Waals surface area (Å²) in [5.41, 5.74) is 2.94. The summed E-state index contributed by atoms with van der Waals surface area (Å²) in [7, 11) is 1.60. The predicted octanol–water partition coefficient (Wildman–Crippen LogP) is 2.91. The second-order valence-electron chi connectivity index (χ2n) is 7.09. The molecule has 1 N–H and O–H groups in total. The third kappa shape index (κ3) is 3.24. The number of piperidine rings is 1. The maximum absolute atomic E-state index is 12.9. The minimum absolute atomic E-state index is 0.00410. The Hall–Kier alpha value is -3.22. The molecular formula is C21H22N4O3. The lowest BCUT2D eigenvalue weighted by Gasteiger charge is -2.32. The van der Waals surface area contributed by atoms with Crippen LogP contribution >= 0.6 is 0 Å². The summed E-state index contributed by atoms with van der Waals surface area (Å²) in [6, 6.07) is 11.0. The van der Waals surface area contributed by atoms with Gasteiger partial charge in [0.1, 0.15) is 0 Å². The van der Waals surface area contributed by atoms with E-state index < -0.39 is 0 Å². The quantitative estimate of drug-likeness (QED) is 0.757. The van der Waals surface area contributed by atoms with Crippen molar-refractivity contribution >= 4 is 22.9 Å². The molecule has 1 fully saturated rings. The summed E-state index contributed by atoms with van der Waals surface area (Å²) in [6.45, 7) is 3.06. The van der Waals surface area contributed by atoms with Crippen LogP contribution in [-0.4, -0.2) is 47.0 Å². The predicted molar refractivity (Wildman–Crippen MR) is 104 cm³/mol. The third-order valence-corrected chi connectivity index (χ3v) is 5.19. The fourth-order valence-corrected chi connectivity index (χ4v) is 3.84. The average molecular weight is 378 g/mol. The number of carbonyl (C=O) groups excluding carboxylic acids is 2. The molecule has 0 spiro atoms. The van der Waals surface area contributed by atoms with Gasteiger partial charge in [-0.2, -0.15) is 0 Å². The maximum atomic E-state index is 12.9.